The lowest BCUT2D eigenvalue weighted by Crippen LogP contribution is -2.58. The van der Waals surface area contributed by atoms with E-state index in [2.05, 4.69) is 30.9 Å². The van der Waals surface area contributed by atoms with Gasteiger partial charge < -0.3 is 5.73 Å². The zero-order valence-electron chi connectivity index (χ0n) is 13.4. The van der Waals surface area contributed by atoms with Crippen molar-refractivity contribution in [2.24, 2.45) is 5.73 Å². The summed E-state index contributed by atoms with van der Waals surface area (Å²) < 4.78 is 0. The fourth-order valence-corrected chi connectivity index (χ4v) is 3.80. The van der Waals surface area contributed by atoms with Gasteiger partial charge in [0, 0.05) is 23.1 Å². The second kappa shape index (κ2) is 7.62. The third kappa shape index (κ3) is 4.21. The molecule has 2 unspecified atom stereocenters. The molecule has 1 saturated heterocycles. The molecule has 0 amide bonds. The Kier molecular flexibility index (Phi) is 6.09. The van der Waals surface area contributed by atoms with Crippen LogP contribution in [0.25, 0.3) is 0 Å². The van der Waals surface area contributed by atoms with E-state index in [9.17, 15) is 0 Å². The minimum absolute atomic E-state index is 0.0497. The van der Waals surface area contributed by atoms with Gasteiger partial charge in [0.25, 0.3) is 0 Å². The van der Waals surface area contributed by atoms with Crippen molar-refractivity contribution in [3.63, 3.8) is 0 Å². The maximum absolute atomic E-state index is 6.21. The van der Waals surface area contributed by atoms with Crippen LogP contribution in [0.1, 0.15) is 51.5 Å². The highest BCUT2D eigenvalue weighted by Gasteiger charge is 2.36. The van der Waals surface area contributed by atoms with Gasteiger partial charge in [0.05, 0.1) is 0 Å². The lowest BCUT2D eigenvalue weighted by Gasteiger charge is -2.48. The van der Waals surface area contributed by atoms with Gasteiger partial charge >= 0.3 is 0 Å². The Morgan fingerprint density at radius 2 is 2.00 bits per heavy atom. The van der Waals surface area contributed by atoms with Crippen molar-refractivity contribution in [1.29, 1.82) is 0 Å². The summed E-state index contributed by atoms with van der Waals surface area (Å²) in [7, 11) is 0. The zero-order valence-corrected chi connectivity index (χ0v) is 14.2. The average Bonchev–Trinajstić information content (AvgIpc) is 2.50. The molecule has 1 aliphatic rings. The van der Waals surface area contributed by atoms with Gasteiger partial charge in [-0.05, 0) is 56.8 Å². The molecule has 1 fully saturated rings. The van der Waals surface area contributed by atoms with Crippen LogP contribution in [0.3, 0.4) is 0 Å². The molecule has 2 nitrogen and oxygen atoms in total. The maximum atomic E-state index is 6.21. The summed E-state index contributed by atoms with van der Waals surface area (Å²) in [4.78, 5) is 2.69. The van der Waals surface area contributed by atoms with Gasteiger partial charge in [0.15, 0.2) is 0 Å². The summed E-state index contributed by atoms with van der Waals surface area (Å²) in [6.45, 7) is 6.50. The minimum atomic E-state index is 0.0497. The monoisotopic (exact) mass is 308 g/mol. The minimum Gasteiger partial charge on any atom is -0.329 e. The van der Waals surface area contributed by atoms with Crippen molar-refractivity contribution >= 4 is 11.6 Å². The molecule has 118 valence electrons. The van der Waals surface area contributed by atoms with Crippen molar-refractivity contribution in [1.82, 2.24) is 4.90 Å². The van der Waals surface area contributed by atoms with Crippen LogP contribution in [0.4, 0.5) is 0 Å². The first kappa shape index (κ1) is 16.8. The smallest absolute Gasteiger partial charge is 0.0406 e. The third-order valence-corrected chi connectivity index (χ3v) is 5.13. The van der Waals surface area contributed by atoms with Gasteiger partial charge in [0.2, 0.25) is 0 Å². The Morgan fingerprint density at radius 1 is 1.29 bits per heavy atom. The molecule has 0 aromatic heterocycles. The largest absolute Gasteiger partial charge is 0.329 e. The summed E-state index contributed by atoms with van der Waals surface area (Å²) >= 11 is 5.99. The Hall–Kier alpha value is -0.570. The van der Waals surface area contributed by atoms with E-state index in [1.54, 1.807) is 0 Å². The van der Waals surface area contributed by atoms with E-state index in [1.807, 2.05) is 12.1 Å². The van der Waals surface area contributed by atoms with Crippen LogP contribution in [0.15, 0.2) is 24.3 Å². The second-order valence-corrected chi connectivity index (χ2v) is 7.07. The molecule has 2 rings (SSSR count). The third-order valence-electron chi connectivity index (χ3n) is 4.88. The van der Waals surface area contributed by atoms with Crippen LogP contribution < -0.4 is 5.73 Å². The molecule has 1 heterocycles. The van der Waals surface area contributed by atoms with Gasteiger partial charge in [-0.1, -0.05) is 43.5 Å². The summed E-state index contributed by atoms with van der Waals surface area (Å²) in [6, 6.07) is 8.93. The molecule has 1 aromatic rings. The SMILES string of the molecule is CCCC1CCCCN1C(C)(CN)Cc1ccc(Cl)cc1. The van der Waals surface area contributed by atoms with Gasteiger partial charge in [-0.15, -0.1) is 0 Å². The number of hydrogen-bond donors (Lipinski definition) is 1. The van der Waals surface area contributed by atoms with E-state index < -0.39 is 0 Å². The van der Waals surface area contributed by atoms with Crippen LogP contribution in [-0.2, 0) is 6.42 Å². The molecule has 0 bridgehead atoms. The quantitative estimate of drug-likeness (QED) is 0.851. The van der Waals surface area contributed by atoms with E-state index in [1.165, 1.54) is 44.2 Å². The molecule has 0 spiro atoms. The molecule has 3 heteroatoms. The summed E-state index contributed by atoms with van der Waals surface area (Å²) in [5.74, 6) is 0. The van der Waals surface area contributed by atoms with Gasteiger partial charge in [-0.25, -0.2) is 0 Å². The first-order valence-electron chi connectivity index (χ1n) is 8.30. The molecule has 0 saturated carbocycles. The molecule has 21 heavy (non-hydrogen) atoms. The highest BCUT2D eigenvalue weighted by Crippen LogP contribution is 2.30. The molecule has 1 aromatic carbocycles. The summed E-state index contributed by atoms with van der Waals surface area (Å²) in [5, 5.41) is 0.801. The normalized spacial score (nSPS) is 23.0. The van der Waals surface area contributed by atoms with E-state index in [-0.39, 0.29) is 5.54 Å². The molecular formula is C18H29ClN2. The van der Waals surface area contributed by atoms with Crippen LogP contribution in [0.5, 0.6) is 0 Å². The van der Waals surface area contributed by atoms with Crippen LogP contribution >= 0.6 is 11.6 Å². The standard InChI is InChI=1S/C18H29ClN2/c1-3-6-17-7-4-5-12-21(17)18(2,14-20)13-15-8-10-16(19)11-9-15/h8-11,17H,3-7,12-14,20H2,1-2H3. The summed E-state index contributed by atoms with van der Waals surface area (Å²) in [6.07, 6.45) is 7.53. The highest BCUT2D eigenvalue weighted by molar-refractivity contribution is 6.30. The number of nitrogens with zero attached hydrogens (tertiary/aromatic N) is 1. The van der Waals surface area contributed by atoms with Gasteiger partial charge in [-0.2, -0.15) is 0 Å². The molecular weight excluding hydrogens is 280 g/mol. The Morgan fingerprint density at radius 3 is 2.62 bits per heavy atom. The Bertz CT molecular complexity index is 429. The number of likely N-dealkylation sites (tertiary alicyclic amines) is 1. The molecule has 0 aliphatic carbocycles. The Balaban J connectivity index is 2.15. The first-order valence-corrected chi connectivity index (χ1v) is 8.68. The van der Waals surface area contributed by atoms with Crippen molar-refractivity contribution in [2.45, 2.75) is 64.0 Å². The number of piperidine rings is 1. The highest BCUT2D eigenvalue weighted by atomic mass is 35.5. The van der Waals surface area contributed by atoms with Crippen molar-refractivity contribution in [2.75, 3.05) is 13.1 Å². The summed E-state index contributed by atoms with van der Waals surface area (Å²) in [5.41, 5.74) is 7.58. The number of nitrogens with two attached hydrogens (primary N) is 1. The molecule has 2 N–H and O–H groups in total. The number of hydrogen-bond acceptors (Lipinski definition) is 2. The topological polar surface area (TPSA) is 29.3 Å². The maximum Gasteiger partial charge on any atom is 0.0406 e. The van der Waals surface area contributed by atoms with Gasteiger partial charge in [-0.3, -0.25) is 4.90 Å². The van der Waals surface area contributed by atoms with E-state index in [0.717, 1.165) is 11.4 Å². The second-order valence-electron chi connectivity index (χ2n) is 6.64. The predicted molar refractivity (Wildman–Crippen MR) is 91.9 cm³/mol. The fraction of sp³-hybridized carbons (Fsp3) is 0.667. The average molecular weight is 309 g/mol. The molecule has 2 atom stereocenters. The lowest BCUT2D eigenvalue weighted by atomic mass is 9.85. The van der Waals surface area contributed by atoms with Crippen LogP contribution in [-0.4, -0.2) is 29.6 Å². The lowest BCUT2D eigenvalue weighted by molar-refractivity contribution is 0.0291. The number of halogens is 1. The fourth-order valence-electron chi connectivity index (χ4n) is 3.68. The van der Waals surface area contributed by atoms with E-state index >= 15 is 0 Å². The van der Waals surface area contributed by atoms with E-state index in [0.29, 0.717) is 12.6 Å². The number of rotatable bonds is 6. The van der Waals surface area contributed by atoms with Gasteiger partial charge in [0.1, 0.15) is 0 Å². The van der Waals surface area contributed by atoms with Crippen LogP contribution in [0, 0.1) is 0 Å². The van der Waals surface area contributed by atoms with Crippen molar-refractivity contribution < 1.29 is 0 Å². The van der Waals surface area contributed by atoms with Crippen molar-refractivity contribution in [3.05, 3.63) is 34.9 Å². The zero-order chi connectivity index (χ0) is 15.3. The first-order chi connectivity index (χ1) is 10.1. The number of benzene rings is 1. The molecule has 1 aliphatic heterocycles. The molecule has 0 radical (unpaired) electrons. The van der Waals surface area contributed by atoms with E-state index in [4.69, 9.17) is 17.3 Å². The van der Waals surface area contributed by atoms with Crippen molar-refractivity contribution in [3.8, 4) is 0 Å². The Labute approximate surface area is 134 Å². The van der Waals surface area contributed by atoms with Crippen LogP contribution in [0.2, 0.25) is 5.02 Å². The predicted octanol–water partition coefficient (Wildman–Crippen LogP) is 4.25.